The second kappa shape index (κ2) is 9.63. The highest BCUT2D eigenvalue weighted by Crippen LogP contribution is 2.37. The molecule has 1 aromatic carbocycles. The second-order valence-corrected chi connectivity index (χ2v) is 10.6. The Labute approximate surface area is 210 Å². The zero-order chi connectivity index (χ0) is 24.7. The molecule has 1 aliphatic heterocycles. The van der Waals surface area contributed by atoms with Crippen LogP contribution in [0.1, 0.15) is 31.2 Å². The van der Waals surface area contributed by atoms with Gasteiger partial charge in [0.15, 0.2) is 5.16 Å². The predicted octanol–water partition coefficient (Wildman–Crippen LogP) is 3.86. The van der Waals surface area contributed by atoms with Crippen LogP contribution in [-0.4, -0.2) is 50.7 Å². The van der Waals surface area contributed by atoms with E-state index in [-0.39, 0.29) is 23.4 Å². The van der Waals surface area contributed by atoms with E-state index in [0.717, 1.165) is 15.3 Å². The minimum Gasteiger partial charge on any atom is -0.497 e. The summed E-state index contributed by atoms with van der Waals surface area (Å²) in [6, 6.07) is 7.26. The van der Waals surface area contributed by atoms with Crippen molar-refractivity contribution in [3.8, 4) is 11.4 Å². The van der Waals surface area contributed by atoms with Crippen molar-refractivity contribution < 1.29 is 19.0 Å². The van der Waals surface area contributed by atoms with Crippen molar-refractivity contribution in [1.82, 2.24) is 19.2 Å². The Hall–Kier alpha value is -2.89. The summed E-state index contributed by atoms with van der Waals surface area (Å²) in [5.74, 6) is 1.18. The first-order valence-electron chi connectivity index (χ1n) is 11.4. The maximum Gasteiger partial charge on any atom is 0.316 e. The van der Waals surface area contributed by atoms with Crippen LogP contribution in [0.15, 0.2) is 34.2 Å². The third kappa shape index (κ3) is 4.21. The van der Waals surface area contributed by atoms with Crippen LogP contribution in [0.5, 0.6) is 5.75 Å². The van der Waals surface area contributed by atoms with Gasteiger partial charge in [0, 0.05) is 11.3 Å². The number of hydrogen-bond acceptors (Lipinski definition) is 9. The van der Waals surface area contributed by atoms with Gasteiger partial charge >= 0.3 is 5.97 Å². The lowest BCUT2D eigenvalue weighted by molar-refractivity contribution is -0.139. The molecule has 35 heavy (non-hydrogen) atoms. The lowest BCUT2D eigenvalue weighted by Crippen LogP contribution is -2.28. The number of ether oxygens (including phenoxy) is 3. The smallest absolute Gasteiger partial charge is 0.316 e. The fourth-order valence-corrected chi connectivity index (χ4v) is 6.28. The third-order valence-corrected chi connectivity index (χ3v) is 8.13. The number of fused-ring (bicyclic) bond motifs is 5. The van der Waals surface area contributed by atoms with Crippen LogP contribution in [0.3, 0.4) is 0 Å². The second-order valence-electron chi connectivity index (χ2n) is 8.53. The number of benzene rings is 1. The molecule has 0 spiro atoms. The molecule has 4 heterocycles. The van der Waals surface area contributed by atoms with Gasteiger partial charge in [-0.05, 0) is 42.7 Å². The maximum absolute atomic E-state index is 14.0. The Kier molecular flexibility index (Phi) is 6.56. The van der Waals surface area contributed by atoms with Crippen LogP contribution < -0.4 is 10.3 Å². The molecule has 0 fully saturated rings. The number of carbonyl (C=O) groups excluding carboxylic acids is 1. The molecule has 0 N–H and O–H groups in total. The van der Waals surface area contributed by atoms with Crippen LogP contribution in [0, 0.1) is 5.92 Å². The fraction of sp³-hybridized carbons (Fsp3) is 0.417. The monoisotopic (exact) mass is 514 g/mol. The Balaban J connectivity index is 1.75. The van der Waals surface area contributed by atoms with E-state index in [9.17, 15) is 9.59 Å². The number of rotatable bonds is 7. The number of methoxy groups -OCH3 is 1. The quantitative estimate of drug-likeness (QED) is 0.271. The first-order valence-corrected chi connectivity index (χ1v) is 13.2. The molecule has 0 saturated carbocycles. The average molecular weight is 515 g/mol. The van der Waals surface area contributed by atoms with Crippen LogP contribution >= 0.6 is 23.1 Å². The van der Waals surface area contributed by atoms with Gasteiger partial charge in [-0.25, -0.2) is 8.97 Å². The lowest BCUT2D eigenvalue weighted by Gasteiger charge is -2.26. The first-order chi connectivity index (χ1) is 16.9. The SMILES string of the molecule is CCOC(=O)CSc1nnc2n(-c3ccc(OC)cc3)c(=O)c3c4c(sc3n12)COC(C(C)C)C4. The molecule has 1 unspecified atom stereocenters. The van der Waals surface area contributed by atoms with Gasteiger partial charge in [0.1, 0.15) is 10.6 Å². The Morgan fingerprint density at radius 2 is 2.06 bits per heavy atom. The van der Waals surface area contributed by atoms with Gasteiger partial charge in [-0.1, -0.05) is 25.6 Å². The molecule has 1 aliphatic rings. The molecule has 0 amide bonds. The molecule has 0 aliphatic carbocycles. The molecule has 1 atom stereocenters. The summed E-state index contributed by atoms with van der Waals surface area (Å²) in [5.41, 5.74) is 1.54. The maximum atomic E-state index is 14.0. The molecular weight excluding hydrogens is 488 g/mol. The standard InChI is InChI=1S/C24H26N4O5S2/c1-5-32-19(29)12-34-24-26-25-23-27(14-6-8-15(31-4)9-7-14)21(30)20-16-10-17(13(2)3)33-11-18(16)35-22(20)28(23)24/h6-9,13,17H,5,10-12H2,1-4H3. The zero-order valence-electron chi connectivity index (χ0n) is 19.9. The molecule has 5 rings (SSSR count). The molecule has 0 radical (unpaired) electrons. The van der Waals surface area contributed by atoms with Crippen LogP contribution in [0.4, 0.5) is 0 Å². The van der Waals surface area contributed by atoms with E-state index in [1.807, 2.05) is 16.5 Å². The van der Waals surface area contributed by atoms with E-state index in [0.29, 0.717) is 53.3 Å². The van der Waals surface area contributed by atoms with Crippen LogP contribution in [0.2, 0.25) is 0 Å². The Morgan fingerprint density at radius 1 is 1.29 bits per heavy atom. The summed E-state index contributed by atoms with van der Waals surface area (Å²) < 4.78 is 19.9. The molecule has 4 aromatic rings. The minimum atomic E-state index is -0.326. The Morgan fingerprint density at radius 3 is 2.74 bits per heavy atom. The van der Waals surface area contributed by atoms with Gasteiger partial charge in [-0.2, -0.15) is 0 Å². The van der Waals surface area contributed by atoms with Gasteiger partial charge in [0.05, 0.1) is 43.3 Å². The zero-order valence-corrected chi connectivity index (χ0v) is 21.6. The average Bonchev–Trinajstić information content (AvgIpc) is 3.44. The van der Waals surface area contributed by atoms with Gasteiger partial charge in [0.2, 0.25) is 5.78 Å². The van der Waals surface area contributed by atoms with E-state index in [1.54, 1.807) is 30.7 Å². The number of thioether (sulfide) groups is 1. The summed E-state index contributed by atoms with van der Waals surface area (Å²) in [6.45, 7) is 6.81. The molecular formula is C24H26N4O5S2. The van der Waals surface area contributed by atoms with Crippen molar-refractivity contribution in [2.24, 2.45) is 5.92 Å². The minimum absolute atomic E-state index is 0.0448. The summed E-state index contributed by atoms with van der Waals surface area (Å²) in [4.78, 5) is 27.8. The highest BCUT2D eigenvalue weighted by atomic mass is 32.2. The van der Waals surface area contributed by atoms with Crippen molar-refractivity contribution in [2.75, 3.05) is 19.5 Å². The third-order valence-electron chi connectivity index (χ3n) is 6.04. The van der Waals surface area contributed by atoms with Crippen LogP contribution in [0.25, 0.3) is 21.7 Å². The number of esters is 1. The van der Waals surface area contributed by atoms with Crippen molar-refractivity contribution in [3.63, 3.8) is 0 Å². The van der Waals surface area contributed by atoms with E-state index >= 15 is 0 Å². The van der Waals surface area contributed by atoms with E-state index in [2.05, 4.69) is 24.0 Å². The molecule has 0 saturated heterocycles. The summed E-state index contributed by atoms with van der Waals surface area (Å²) in [6.07, 6.45) is 0.715. The van der Waals surface area contributed by atoms with Crippen molar-refractivity contribution in [3.05, 3.63) is 45.1 Å². The number of carbonyl (C=O) groups is 1. The lowest BCUT2D eigenvalue weighted by atomic mass is 9.96. The van der Waals surface area contributed by atoms with E-state index in [4.69, 9.17) is 14.2 Å². The normalized spacial score (nSPS) is 15.6. The van der Waals surface area contributed by atoms with Gasteiger partial charge in [-0.15, -0.1) is 21.5 Å². The number of nitrogens with zero attached hydrogens (tertiary/aromatic N) is 4. The van der Waals surface area contributed by atoms with Crippen LogP contribution in [-0.2, 0) is 27.3 Å². The molecule has 0 bridgehead atoms. The number of thiophene rings is 1. The van der Waals surface area contributed by atoms with Gasteiger partial charge in [0.25, 0.3) is 5.56 Å². The predicted molar refractivity (Wildman–Crippen MR) is 135 cm³/mol. The molecule has 11 heteroatoms. The van der Waals surface area contributed by atoms with Crippen molar-refractivity contribution >= 4 is 45.1 Å². The first kappa shape index (κ1) is 23.8. The van der Waals surface area contributed by atoms with Gasteiger partial charge < -0.3 is 14.2 Å². The highest BCUT2D eigenvalue weighted by Gasteiger charge is 2.30. The van der Waals surface area contributed by atoms with E-state index < -0.39 is 0 Å². The summed E-state index contributed by atoms with van der Waals surface area (Å²) in [5, 5.41) is 9.90. The number of hydrogen-bond donors (Lipinski definition) is 0. The van der Waals surface area contributed by atoms with Crippen molar-refractivity contribution in [1.29, 1.82) is 0 Å². The number of aromatic nitrogens is 4. The van der Waals surface area contributed by atoms with E-state index in [1.165, 1.54) is 23.1 Å². The van der Waals surface area contributed by atoms with Crippen molar-refractivity contribution in [2.45, 2.75) is 45.1 Å². The Bertz CT molecular complexity index is 1460. The summed E-state index contributed by atoms with van der Waals surface area (Å²) in [7, 11) is 1.60. The van der Waals surface area contributed by atoms with Gasteiger partial charge in [-0.3, -0.25) is 9.59 Å². The largest absolute Gasteiger partial charge is 0.497 e. The molecule has 3 aromatic heterocycles. The molecule has 9 nitrogen and oxygen atoms in total. The topological polar surface area (TPSA) is 97.0 Å². The highest BCUT2D eigenvalue weighted by molar-refractivity contribution is 7.99. The summed E-state index contributed by atoms with van der Waals surface area (Å²) >= 11 is 2.77. The fourth-order valence-electron chi connectivity index (χ4n) is 4.25. The molecule has 184 valence electrons.